The van der Waals surface area contributed by atoms with E-state index in [-0.39, 0.29) is 11.9 Å². The number of rotatable bonds is 2. The van der Waals surface area contributed by atoms with E-state index < -0.39 is 5.66 Å². The van der Waals surface area contributed by atoms with E-state index in [2.05, 4.69) is 4.99 Å². The number of hydrogen-bond acceptors (Lipinski definition) is 6. The minimum Gasteiger partial charge on any atom is -0.369 e. The predicted octanol–water partition coefficient (Wildman–Crippen LogP) is 2.23. The molecule has 1 saturated carbocycles. The van der Waals surface area contributed by atoms with Crippen molar-refractivity contribution in [3.8, 4) is 0 Å². The van der Waals surface area contributed by atoms with Crippen molar-refractivity contribution in [2.24, 2.45) is 21.5 Å². The van der Waals surface area contributed by atoms with Gasteiger partial charge in [-0.15, -0.1) is 0 Å². The number of benzene rings is 1. The van der Waals surface area contributed by atoms with Crippen LogP contribution in [0.25, 0.3) is 0 Å². The van der Waals surface area contributed by atoms with E-state index in [0.29, 0.717) is 12.4 Å². The smallest absolute Gasteiger partial charge is 0.227 e. The van der Waals surface area contributed by atoms with Gasteiger partial charge in [-0.2, -0.15) is 4.99 Å². The van der Waals surface area contributed by atoms with Crippen LogP contribution in [0.2, 0.25) is 0 Å². The summed E-state index contributed by atoms with van der Waals surface area (Å²) in [5.74, 6) is 0.810. The molecule has 1 aliphatic carbocycles. The van der Waals surface area contributed by atoms with Gasteiger partial charge in [0.05, 0.1) is 0 Å². The van der Waals surface area contributed by atoms with Crippen LogP contribution in [-0.2, 0) is 4.79 Å². The summed E-state index contributed by atoms with van der Waals surface area (Å²) >= 11 is 0. The zero-order chi connectivity index (χ0) is 18.3. The second-order valence-corrected chi connectivity index (χ2v) is 7.44. The minimum atomic E-state index is -0.463. The van der Waals surface area contributed by atoms with Crippen LogP contribution in [0.1, 0.15) is 50.5 Å². The molecule has 2 heterocycles. The standard InChI is InChI=1S/C19H26N6O/c1-13-7-8-14(12-15(13)24-11-5-6-16(24)26)25-18(21)22-17(20)23-19(25)9-3-2-4-10-19/h7-8,12H,2-6,9-11H2,1H3,(H4,20,21,22,23). The van der Waals surface area contributed by atoms with Crippen molar-refractivity contribution in [3.63, 3.8) is 0 Å². The van der Waals surface area contributed by atoms with Crippen LogP contribution in [0, 0.1) is 6.92 Å². The largest absolute Gasteiger partial charge is 0.369 e. The summed E-state index contributed by atoms with van der Waals surface area (Å²) in [6.45, 7) is 2.80. The number of guanidine groups is 2. The van der Waals surface area contributed by atoms with E-state index >= 15 is 0 Å². The van der Waals surface area contributed by atoms with Gasteiger partial charge in [-0.05, 0) is 56.7 Å². The number of hydrogen-bond donors (Lipinski definition) is 2. The molecule has 0 unspecified atom stereocenters. The van der Waals surface area contributed by atoms with E-state index in [0.717, 1.165) is 55.6 Å². The third-order valence-corrected chi connectivity index (χ3v) is 5.67. The lowest BCUT2D eigenvalue weighted by Crippen LogP contribution is -2.58. The maximum absolute atomic E-state index is 12.2. The second kappa shape index (κ2) is 6.30. The molecule has 2 aliphatic heterocycles. The Morgan fingerprint density at radius 3 is 2.58 bits per heavy atom. The summed E-state index contributed by atoms with van der Waals surface area (Å²) in [6, 6.07) is 6.13. The molecule has 0 radical (unpaired) electrons. The highest BCUT2D eigenvalue weighted by Crippen LogP contribution is 2.41. The lowest BCUT2D eigenvalue weighted by Gasteiger charge is -2.45. The first-order chi connectivity index (χ1) is 12.5. The van der Waals surface area contributed by atoms with Crippen molar-refractivity contribution < 1.29 is 4.79 Å². The van der Waals surface area contributed by atoms with E-state index in [1.807, 2.05) is 34.9 Å². The molecular weight excluding hydrogens is 328 g/mol. The van der Waals surface area contributed by atoms with Gasteiger partial charge in [-0.3, -0.25) is 9.69 Å². The molecule has 4 N–H and O–H groups in total. The average Bonchev–Trinajstić information content (AvgIpc) is 3.02. The van der Waals surface area contributed by atoms with E-state index in [9.17, 15) is 4.79 Å². The molecule has 0 atom stereocenters. The van der Waals surface area contributed by atoms with Crippen molar-refractivity contribution in [1.82, 2.24) is 0 Å². The van der Waals surface area contributed by atoms with Crippen LogP contribution in [0.4, 0.5) is 11.4 Å². The number of carbonyl (C=O) groups is 1. The monoisotopic (exact) mass is 354 g/mol. The van der Waals surface area contributed by atoms with Crippen molar-refractivity contribution in [2.75, 3.05) is 16.3 Å². The Bertz CT molecular complexity index is 793. The topological polar surface area (TPSA) is 100 Å². The number of aryl methyl sites for hydroxylation is 1. The first kappa shape index (κ1) is 16.9. The molecule has 7 heteroatoms. The van der Waals surface area contributed by atoms with Crippen molar-refractivity contribution in [1.29, 1.82) is 0 Å². The molecule has 2 fully saturated rings. The number of anilines is 2. The minimum absolute atomic E-state index is 0.181. The maximum Gasteiger partial charge on any atom is 0.227 e. The molecule has 1 amide bonds. The Balaban J connectivity index is 1.78. The predicted molar refractivity (Wildman–Crippen MR) is 104 cm³/mol. The number of amides is 1. The molecule has 0 bridgehead atoms. The van der Waals surface area contributed by atoms with E-state index in [1.54, 1.807) is 0 Å². The summed E-state index contributed by atoms with van der Waals surface area (Å²) in [6.07, 6.45) is 6.69. The molecule has 7 nitrogen and oxygen atoms in total. The van der Waals surface area contributed by atoms with Crippen molar-refractivity contribution >= 4 is 29.2 Å². The van der Waals surface area contributed by atoms with Crippen LogP contribution >= 0.6 is 0 Å². The number of aliphatic imine (C=N–C) groups is 2. The van der Waals surface area contributed by atoms with Crippen LogP contribution in [0.5, 0.6) is 0 Å². The molecule has 1 spiro atoms. The lowest BCUT2D eigenvalue weighted by molar-refractivity contribution is -0.117. The van der Waals surface area contributed by atoms with Gasteiger partial charge in [0, 0.05) is 24.3 Å². The highest BCUT2D eigenvalue weighted by Gasteiger charge is 2.42. The van der Waals surface area contributed by atoms with Gasteiger partial charge < -0.3 is 16.4 Å². The maximum atomic E-state index is 12.2. The quantitative estimate of drug-likeness (QED) is 0.850. The summed E-state index contributed by atoms with van der Waals surface area (Å²) in [4.78, 5) is 25.1. The van der Waals surface area contributed by atoms with Crippen LogP contribution in [-0.4, -0.2) is 30.0 Å². The summed E-state index contributed by atoms with van der Waals surface area (Å²) in [5, 5.41) is 0. The molecule has 3 aliphatic rings. The summed E-state index contributed by atoms with van der Waals surface area (Å²) in [7, 11) is 0. The average molecular weight is 354 g/mol. The summed E-state index contributed by atoms with van der Waals surface area (Å²) < 4.78 is 0. The Hall–Kier alpha value is -2.57. The molecule has 1 aromatic carbocycles. The fourth-order valence-electron chi connectivity index (χ4n) is 4.43. The highest BCUT2D eigenvalue weighted by atomic mass is 16.2. The number of nitrogens with two attached hydrogens (primary N) is 2. The first-order valence-electron chi connectivity index (χ1n) is 9.41. The summed E-state index contributed by atoms with van der Waals surface area (Å²) in [5.41, 5.74) is 14.7. The van der Waals surface area contributed by atoms with Gasteiger partial charge in [0.25, 0.3) is 0 Å². The number of carbonyl (C=O) groups excluding carboxylic acids is 1. The molecule has 1 aromatic rings. The molecular formula is C19H26N6O. The lowest BCUT2D eigenvalue weighted by atomic mass is 9.87. The normalized spacial score (nSPS) is 22.6. The second-order valence-electron chi connectivity index (χ2n) is 7.44. The third-order valence-electron chi connectivity index (χ3n) is 5.67. The SMILES string of the molecule is Cc1ccc(N2C(N)=NC(N)=NC23CCCCC3)cc1N1CCCC1=O. The Morgan fingerprint density at radius 2 is 1.88 bits per heavy atom. The molecule has 1 saturated heterocycles. The number of nitrogens with zero attached hydrogens (tertiary/aromatic N) is 4. The van der Waals surface area contributed by atoms with Crippen molar-refractivity contribution in [3.05, 3.63) is 23.8 Å². The fraction of sp³-hybridized carbons (Fsp3) is 0.526. The van der Waals surface area contributed by atoms with Gasteiger partial charge >= 0.3 is 0 Å². The van der Waals surface area contributed by atoms with Crippen LogP contribution in [0.15, 0.2) is 28.2 Å². The van der Waals surface area contributed by atoms with Gasteiger partial charge in [0.1, 0.15) is 5.66 Å². The molecule has 138 valence electrons. The van der Waals surface area contributed by atoms with Crippen LogP contribution < -0.4 is 21.3 Å². The van der Waals surface area contributed by atoms with Crippen molar-refractivity contribution in [2.45, 2.75) is 57.5 Å². The molecule has 4 rings (SSSR count). The third kappa shape index (κ3) is 2.71. The zero-order valence-electron chi connectivity index (χ0n) is 15.2. The van der Waals surface area contributed by atoms with Gasteiger partial charge in [0.2, 0.25) is 17.8 Å². The van der Waals surface area contributed by atoms with Gasteiger partial charge in [-0.1, -0.05) is 12.5 Å². The highest BCUT2D eigenvalue weighted by molar-refractivity contribution is 6.06. The van der Waals surface area contributed by atoms with E-state index in [4.69, 9.17) is 16.5 Å². The Kier molecular flexibility index (Phi) is 4.09. The molecule has 0 aromatic heterocycles. The van der Waals surface area contributed by atoms with Gasteiger partial charge in [-0.25, -0.2) is 4.99 Å². The van der Waals surface area contributed by atoms with Crippen LogP contribution in [0.3, 0.4) is 0 Å². The Morgan fingerprint density at radius 1 is 1.12 bits per heavy atom. The zero-order valence-corrected chi connectivity index (χ0v) is 15.2. The van der Waals surface area contributed by atoms with E-state index in [1.165, 1.54) is 6.42 Å². The van der Waals surface area contributed by atoms with Gasteiger partial charge in [0.15, 0.2) is 0 Å². The fourth-order valence-corrected chi connectivity index (χ4v) is 4.43. The Labute approximate surface area is 153 Å². The first-order valence-corrected chi connectivity index (χ1v) is 9.41. The molecule has 26 heavy (non-hydrogen) atoms.